The van der Waals surface area contributed by atoms with E-state index in [2.05, 4.69) is 87.8 Å². The molecule has 0 bridgehead atoms. The number of hydrogen-bond donors (Lipinski definition) is 2. The number of nitrogens with one attached hydrogen (secondary N) is 1. The second-order valence-corrected chi connectivity index (χ2v) is 9.15. The molecule has 0 aliphatic heterocycles. The van der Waals surface area contributed by atoms with Crippen LogP contribution in [0.1, 0.15) is 18.1 Å². The third-order valence-electron chi connectivity index (χ3n) is 6.42. The summed E-state index contributed by atoms with van der Waals surface area (Å²) in [4.78, 5) is 16.0. The smallest absolute Gasteiger partial charge is 0.224 e. The van der Waals surface area contributed by atoms with Gasteiger partial charge in [-0.05, 0) is 48.2 Å². The van der Waals surface area contributed by atoms with Crippen molar-refractivity contribution in [1.82, 2.24) is 19.5 Å². The van der Waals surface area contributed by atoms with Crippen molar-refractivity contribution in [1.29, 1.82) is 0 Å². The minimum Gasteiger partial charge on any atom is -0.351 e. The van der Waals surface area contributed by atoms with Crippen LogP contribution in [0.3, 0.4) is 0 Å². The van der Waals surface area contributed by atoms with Gasteiger partial charge in [0.25, 0.3) is 0 Å². The van der Waals surface area contributed by atoms with Gasteiger partial charge in [-0.2, -0.15) is 4.98 Å². The van der Waals surface area contributed by atoms with Crippen molar-refractivity contribution >= 4 is 28.5 Å². The van der Waals surface area contributed by atoms with E-state index in [0.717, 1.165) is 45.6 Å². The van der Waals surface area contributed by atoms with Gasteiger partial charge in [0.2, 0.25) is 5.95 Å². The highest BCUT2D eigenvalue weighted by Crippen LogP contribution is 2.34. The van der Waals surface area contributed by atoms with E-state index in [-0.39, 0.29) is 6.04 Å². The van der Waals surface area contributed by atoms with Crippen molar-refractivity contribution in [2.75, 3.05) is 17.3 Å². The molecule has 0 amide bonds. The molecule has 0 aliphatic rings. The number of rotatable bonds is 8. The van der Waals surface area contributed by atoms with Crippen LogP contribution >= 0.6 is 0 Å². The Balaban J connectivity index is 1.41. The number of fused-ring (bicyclic) bond motifs is 1. The molecule has 0 fully saturated rings. The van der Waals surface area contributed by atoms with E-state index in [4.69, 9.17) is 10.7 Å². The Labute approximate surface area is 211 Å². The maximum absolute atomic E-state index is 5.80. The summed E-state index contributed by atoms with van der Waals surface area (Å²) < 4.78 is 2.05. The molecule has 0 radical (unpaired) electrons. The summed E-state index contributed by atoms with van der Waals surface area (Å²) in [5.74, 6) is 1.41. The Morgan fingerprint density at radius 1 is 0.972 bits per heavy atom. The first-order valence-corrected chi connectivity index (χ1v) is 12.1. The van der Waals surface area contributed by atoms with Gasteiger partial charge >= 0.3 is 0 Å². The summed E-state index contributed by atoms with van der Waals surface area (Å²) in [6.07, 6.45) is 4.51. The fraction of sp³-hybridized carbons (Fsp3) is 0.207. The van der Waals surface area contributed by atoms with Gasteiger partial charge in [0.05, 0.1) is 17.4 Å². The van der Waals surface area contributed by atoms with Crippen LogP contribution in [0.2, 0.25) is 0 Å². The number of imidazole rings is 1. The Bertz CT molecular complexity index is 1480. The standard InChI is InChI=1S/C29H31N7/c1-20(14-21-8-7-9-22(15-21)18-30)33-29-31-13-12-27(34-29)36(3)24-16-25(23-10-5-4-6-11-23)28-26(17-24)35(2)19-32-28/h4-13,15-17,19-20H,14,18,30H2,1-3H3,(H,31,33,34). The molecule has 0 spiro atoms. The van der Waals surface area contributed by atoms with E-state index in [0.29, 0.717) is 12.5 Å². The van der Waals surface area contributed by atoms with Crippen LogP contribution in [-0.4, -0.2) is 32.6 Å². The monoisotopic (exact) mass is 477 g/mol. The van der Waals surface area contributed by atoms with E-state index >= 15 is 0 Å². The zero-order valence-electron chi connectivity index (χ0n) is 20.9. The van der Waals surface area contributed by atoms with Crippen molar-refractivity contribution in [2.45, 2.75) is 25.9 Å². The number of anilines is 3. The average Bonchev–Trinajstić information content (AvgIpc) is 3.29. The van der Waals surface area contributed by atoms with Crippen molar-refractivity contribution < 1.29 is 0 Å². The van der Waals surface area contributed by atoms with Crippen LogP contribution in [0.5, 0.6) is 0 Å². The van der Waals surface area contributed by atoms with Crippen molar-refractivity contribution in [3.8, 4) is 11.1 Å². The van der Waals surface area contributed by atoms with E-state index in [1.165, 1.54) is 5.56 Å². The van der Waals surface area contributed by atoms with Gasteiger partial charge < -0.3 is 20.5 Å². The molecular formula is C29H31N7. The van der Waals surface area contributed by atoms with Gasteiger partial charge in [-0.3, -0.25) is 0 Å². The Morgan fingerprint density at radius 3 is 2.58 bits per heavy atom. The number of benzene rings is 3. The summed E-state index contributed by atoms with van der Waals surface area (Å²) in [5, 5.41) is 3.45. The summed E-state index contributed by atoms with van der Waals surface area (Å²) in [6, 6.07) is 25.2. The highest BCUT2D eigenvalue weighted by molar-refractivity contribution is 5.95. The van der Waals surface area contributed by atoms with Crippen LogP contribution in [-0.2, 0) is 20.0 Å². The summed E-state index contributed by atoms with van der Waals surface area (Å²) in [7, 11) is 4.05. The largest absolute Gasteiger partial charge is 0.351 e. The number of nitrogens with zero attached hydrogens (tertiary/aromatic N) is 5. The second-order valence-electron chi connectivity index (χ2n) is 9.15. The maximum atomic E-state index is 5.80. The minimum atomic E-state index is 0.161. The summed E-state index contributed by atoms with van der Waals surface area (Å²) >= 11 is 0. The second kappa shape index (κ2) is 10.2. The molecule has 5 rings (SSSR count). The van der Waals surface area contributed by atoms with E-state index in [9.17, 15) is 0 Å². The third-order valence-corrected chi connectivity index (χ3v) is 6.42. The van der Waals surface area contributed by atoms with Crippen LogP contribution in [0.4, 0.5) is 17.5 Å². The van der Waals surface area contributed by atoms with E-state index in [1.54, 1.807) is 6.20 Å². The first kappa shape index (κ1) is 23.5. The highest BCUT2D eigenvalue weighted by atomic mass is 15.2. The number of hydrogen-bond acceptors (Lipinski definition) is 6. The van der Waals surface area contributed by atoms with Crippen LogP contribution in [0.25, 0.3) is 22.2 Å². The Hall–Kier alpha value is -4.23. The minimum absolute atomic E-state index is 0.161. The van der Waals surface area contributed by atoms with Crippen LogP contribution in [0, 0.1) is 0 Å². The van der Waals surface area contributed by atoms with Gasteiger partial charge in [0.15, 0.2) is 0 Å². The molecule has 0 saturated heterocycles. The topological polar surface area (TPSA) is 84.9 Å². The maximum Gasteiger partial charge on any atom is 0.224 e. The molecule has 3 N–H and O–H groups in total. The van der Waals surface area contributed by atoms with Crippen molar-refractivity contribution in [3.05, 3.63) is 96.4 Å². The molecule has 2 aromatic heterocycles. The van der Waals surface area contributed by atoms with Gasteiger partial charge in [-0.1, -0.05) is 54.6 Å². The lowest BCUT2D eigenvalue weighted by Crippen LogP contribution is -2.21. The molecular weight excluding hydrogens is 446 g/mol. The summed E-state index contributed by atoms with van der Waals surface area (Å²) in [6.45, 7) is 2.68. The number of nitrogens with two attached hydrogens (primary N) is 1. The van der Waals surface area contributed by atoms with Crippen LogP contribution < -0.4 is 16.0 Å². The molecule has 36 heavy (non-hydrogen) atoms. The Kier molecular flexibility index (Phi) is 6.64. The van der Waals surface area contributed by atoms with Crippen molar-refractivity contribution in [3.63, 3.8) is 0 Å². The molecule has 1 unspecified atom stereocenters. The van der Waals surface area contributed by atoms with Crippen molar-refractivity contribution in [2.24, 2.45) is 12.8 Å². The SMILES string of the molecule is CC(Cc1cccc(CN)c1)Nc1nccc(N(C)c2cc(-c3ccccc3)c3ncn(C)c3c2)n1. The van der Waals surface area contributed by atoms with Gasteiger partial charge in [0, 0.05) is 44.1 Å². The molecule has 7 heteroatoms. The summed E-state index contributed by atoms with van der Waals surface area (Å²) in [5.41, 5.74) is 13.5. The first-order chi connectivity index (χ1) is 17.5. The zero-order chi connectivity index (χ0) is 25.1. The fourth-order valence-electron chi connectivity index (χ4n) is 4.49. The number of aryl methyl sites for hydroxylation is 1. The molecule has 0 aliphatic carbocycles. The molecule has 2 heterocycles. The molecule has 7 nitrogen and oxygen atoms in total. The Morgan fingerprint density at radius 2 is 1.78 bits per heavy atom. The fourth-order valence-corrected chi connectivity index (χ4v) is 4.49. The lowest BCUT2D eigenvalue weighted by atomic mass is 10.0. The van der Waals surface area contributed by atoms with Gasteiger partial charge in [-0.15, -0.1) is 0 Å². The lowest BCUT2D eigenvalue weighted by molar-refractivity contribution is 0.775. The van der Waals surface area contributed by atoms with Gasteiger partial charge in [0.1, 0.15) is 5.82 Å². The highest BCUT2D eigenvalue weighted by Gasteiger charge is 2.15. The zero-order valence-corrected chi connectivity index (χ0v) is 20.9. The quantitative estimate of drug-likeness (QED) is 0.315. The molecule has 1 atom stereocenters. The van der Waals surface area contributed by atoms with Gasteiger partial charge in [-0.25, -0.2) is 9.97 Å². The van der Waals surface area contributed by atoms with E-state index < -0.39 is 0 Å². The lowest BCUT2D eigenvalue weighted by Gasteiger charge is -2.21. The molecule has 182 valence electrons. The average molecular weight is 478 g/mol. The first-order valence-electron chi connectivity index (χ1n) is 12.1. The molecule has 5 aromatic rings. The van der Waals surface area contributed by atoms with Crippen LogP contribution in [0.15, 0.2) is 85.3 Å². The molecule has 0 saturated carbocycles. The number of aromatic nitrogens is 4. The third kappa shape index (κ3) is 4.92. The molecule has 3 aromatic carbocycles. The predicted molar refractivity (Wildman–Crippen MR) is 147 cm³/mol. The predicted octanol–water partition coefficient (Wildman–Crippen LogP) is 5.30. The van der Waals surface area contributed by atoms with E-state index in [1.807, 2.05) is 37.1 Å². The normalized spacial score (nSPS) is 12.0.